The molecule has 0 bridgehead atoms. The van der Waals surface area contributed by atoms with E-state index in [2.05, 4.69) is 219 Å². The summed E-state index contributed by atoms with van der Waals surface area (Å²) in [5.74, 6) is 0. The Labute approximate surface area is 349 Å². The zero-order valence-corrected chi connectivity index (χ0v) is 34.1. The molecule has 0 N–H and O–H groups in total. The molecule has 3 aliphatic carbocycles. The normalized spacial score (nSPS) is 16.7. The fourth-order valence-electron chi connectivity index (χ4n) is 11.1. The lowest BCUT2D eigenvalue weighted by Gasteiger charge is -2.35. The molecule has 2 heteroatoms. The fraction of sp³-hybridized carbons (Fsp3) is 0.158. The Kier molecular flexibility index (Phi) is 8.27. The lowest BCUT2D eigenvalue weighted by Crippen LogP contribution is -2.25. The third kappa shape index (κ3) is 5.53. The Morgan fingerprint density at radius 1 is 0.424 bits per heavy atom. The maximum Gasteiger partial charge on any atom is 0.0505 e. The highest BCUT2D eigenvalue weighted by Gasteiger charge is 2.48. The minimum Gasteiger partial charge on any atom is -0.310 e. The molecule has 0 heterocycles. The van der Waals surface area contributed by atoms with Crippen LogP contribution in [0.1, 0.15) is 65.6 Å². The van der Waals surface area contributed by atoms with Crippen LogP contribution in [-0.4, -0.2) is 0 Å². The number of aryl methyl sites for hydroxylation is 3. The molecule has 0 unspecified atom stereocenters. The number of hydrogen-bond acceptors (Lipinski definition) is 2. The summed E-state index contributed by atoms with van der Waals surface area (Å²) in [6.45, 7) is 6.99. The van der Waals surface area contributed by atoms with Gasteiger partial charge >= 0.3 is 0 Å². The van der Waals surface area contributed by atoms with Crippen LogP contribution in [0, 0.1) is 6.92 Å². The smallest absolute Gasteiger partial charge is 0.0505 e. The Morgan fingerprint density at radius 2 is 0.966 bits per heavy atom. The highest BCUT2D eigenvalue weighted by molar-refractivity contribution is 5.88. The van der Waals surface area contributed by atoms with E-state index in [4.69, 9.17) is 0 Å². The van der Waals surface area contributed by atoms with Crippen LogP contribution >= 0.6 is 0 Å². The fourth-order valence-corrected chi connectivity index (χ4v) is 11.1. The van der Waals surface area contributed by atoms with E-state index in [1.807, 2.05) is 0 Å². The topological polar surface area (TPSA) is 6.48 Å². The first-order chi connectivity index (χ1) is 28.9. The molecule has 0 radical (unpaired) electrons. The molecule has 0 fully saturated rings. The summed E-state index contributed by atoms with van der Waals surface area (Å²) >= 11 is 0. The van der Waals surface area contributed by atoms with E-state index in [-0.39, 0.29) is 10.8 Å². The van der Waals surface area contributed by atoms with Crippen LogP contribution in [0.15, 0.2) is 188 Å². The number of anilines is 6. The number of benzene rings is 8. The van der Waals surface area contributed by atoms with Gasteiger partial charge in [0, 0.05) is 39.3 Å². The molecule has 11 rings (SSSR count). The maximum atomic E-state index is 2.49. The van der Waals surface area contributed by atoms with Gasteiger partial charge in [-0.25, -0.2) is 0 Å². The van der Waals surface area contributed by atoms with Gasteiger partial charge in [-0.15, -0.1) is 0 Å². The van der Waals surface area contributed by atoms with Gasteiger partial charge in [0.1, 0.15) is 0 Å². The van der Waals surface area contributed by atoms with Gasteiger partial charge in [0.2, 0.25) is 0 Å². The summed E-state index contributed by atoms with van der Waals surface area (Å²) in [5.41, 5.74) is 22.5. The second kappa shape index (κ2) is 13.7. The molecule has 8 aromatic rings. The van der Waals surface area contributed by atoms with Crippen LogP contribution < -0.4 is 9.80 Å². The van der Waals surface area contributed by atoms with Gasteiger partial charge < -0.3 is 9.80 Å². The van der Waals surface area contributed by atoms with Crippen molar-refractivity contribution in [3.63, 3.8) is 0 Å². The monoisotopic (exact) mass is 760 g/mol. The van der Waals surface area contributed by atoms with Gasteiger partial charge in [-0.3, -0.25) is 0 Å². The molecule has 0 amide bonds. The average Bonchev–Trinajstić information content (AvgIpc) is 3.93. The number of rotatable bonds is 7. The zero-order chi connectivity index (χ0) is 39.7. The van der Waals surface area contributed by atoms with E-state index in [1.165, 1.54) is 83.9 Å². The van der Waals surface area contributed by atoms with E-state index in [9.17, 15) is 0 Å². The summed E-state index contributed by atoms with van der Waals surface area (Å²) in [6, 6.07) is 70.0. The number of fused-ring (bicyclic) bond motifs is 7. The molecular formula is C57H48N2. The van der Waals surface area contributed by atoms with Crippen molar-refractivity contribution in [3.05, 3.63) is 227 Å². The Balaban J connectivity index is 1.02. The molecule has 8 aromatic carbocycles. The van der Waals surface area contributed by atoms with Gasteiger partial charge in [0.05, 0.1) is 5.69 Å². The van der Waals surface area contributed by atoms with Crippen LogP contribution in [-0.2, 0) is 23.7 Å². The Hall–Kier alpha value is -6.64. The highest BCUT2D eigenvalue weighted by Crippen LogP contribution is 2.59. The van der Waals surface area contributed by atoms with Crippen LogP contribution in [0.25, 0.3) is 22.3 Å². The number of para-hydroxylation sites is 3. The van der Waals surface area contributed by atoms with Crippen molar-refractivity contribution in [3.8, 4) is 22.3 Å². The van der Waals surface area contributed by atoms with Crippen molar-refractivity contribution >= 4 is 34.1 Å². The van der Waals surface area contributed by atoms with Crippen molar-refractivity contribution < 1.29 is 0 Å². The number of hydrogen-bond donors (Lipinski definition) is 0. The van der Waals surface area contributed by atoms with Crippen molar-refractivity contribution in [2.75, 3.05) is 9.80 Å². The van der Waals surface area contributed by atoms with E-state index in [0.29, 0.717) is 0 Å². The zero-order valence-electron chi connectivity index (χ0n) is 34.1. The summed E-state index contributed by atoms with van der Waals surface area (Å²) < 4.78 is 0. The summed E-state index contributed by atoms with van der Waals surface area (Å²) in [5, 5.41) is 0. The first-order valence-electron chi connectivity index (χ1n) is 21.3. The molecule has 0 saturated carbocycles. The van der Waals surface area contributed by atoms with E-state index in [1.54, 1.807) is 0 Å². The largest absolute Gasteiger partial charge is 0.310 e. The predicted octanol–water partition coefficient (Wildman–Crippen LogP) is 15.1. The third-order valence-corrected chi connectivity index (χ3v) is 13.7. The minimum absolute atomic E-state index is 0.0679. The number of nitrogens with zero attached hydrogens (tertiary/aromatic N) is 2. The van der Waals surface area contributed by atoms with Crippen LogP contribution in [0.5, 0.6) is 0 Å². The minimum atomic E-state index is -0.0828. The molecule has 0 saturated heterocycles. The van der Waals surface area contributed by atoms with Crippen LogP contribution in [0.2, 0.25) is 0 Å². The Morgan fingerprint density at radius 3 is 1.61 bits per heavy atom. The van der Waals surface area contributed by atoms with E-state index >= 15 is 0 Å². The maximum absolute atomic E-state index is 2.49. The second-order valence-corrected chi connectivity index (χ2v) is 17.3. The third-order valence-electron chi connectivity index (χ3n) is 13.7. The first kappa shape index (κ1) is 35.5. The lowest BCUT2D eigenvalue weighted by molar-refractivity contribution is 0.509. The van der Waals surface area contributed by atoms with Crippen LogP contribution in [0.3, 0.4) is 0 Å². The Bertz CT molecular complexity index is 2810. The summed E-state index contributed by atoms with van der Waals surface area (Å²) in [4.78, 5) is 4.91. The van der Waals surface area contributed by atoms with Crippen LogP contribution in [0.4, 0.5) is 34.1 Å². The molecule has 0 aromatic heterocycles. The average molecular weight is 761 g/mol. The molecule has 59 heavy (non-hydrogen) atoms. The summed E-state index contributed by atoms with van der Waals surface area (Å²) in [6.07, 6.45) is 4.42. The van der Waals surface area contributed by atoms with Gasteiger partial charge in [-0.2, -0.15) is 0 Å². The second-order valence-electron chi connectivity index (χ2n) is 17.3. The van der Waals surface area contributed by atoms with Crippen molar-refractivity contribution in [1.82, 2.24) is 0 Å². The first-order valence-corrected chi connectivity index (χ1v) is 21.3. The molecule has 1 atom stereocenters. The van der Waals surface area contributed by atoms with E-state index in [0.717, 1.165) is 37.1 Å². The molecule has 0 aliphatic heterocycles. The van der Waals surface area contributed by atoms with Gasteiger partial charge in [-0.05, 0) is 161 Å². The molecule has 286 valence electrons. The molecule has 1 spiro atoms. The standard InChI is InChI=1S/C57H48N2/c1-39-16-13-26-50-53(39)49-33-32-47(38-51(49)56(50,2)3)58(43-19-7-4-8-20-43)46-30-28-40(29-31-46)48-25-14-17-41-34-36-57(54(41)48)37-35-42-18-15-27-52(55(42)57)59(44-21-9-5-10-22-44)45-23-11-6-12-24-45/h4-33,38H,34-37H2,1-3H3/t57-/m1/s1. The van der Waals surface area contributed by atoms with Crippen molar-refractivity contribution in [2.24, 2.45) is 0 Å². The van der Waals surface area contributed by atoms with E-state index < -0.39 is 0 Å². The van der Waals surface area contributed by atoms with Crippen molar-refractivity contribution in [2.45, 2.75) is 57.3 Å². The van der Waals surface area contributed by atoms with Gasteiger partial charge in [-0.1, -0.05) is 135 Å². The highest BCUT2D eigenvalue weighted by atomic mass is 15.1. The predicted molar refractivity (Wildman–Crippen MR) is 247 cm³/mol. The lowest BCUT2D eigenvalue weighted by atomic mass is 9.73. The SMILES string of the molecule is Cc1cccc2c1-c1ccc(N(c3ccccc3)c3ccc(-c4cccc5c4[C@@]4(CC5)CCc5cccc(N(c6ccccc6)c6ccccc6)c54)cc3)cc1C2(C)C. The molecular weight excluding hydrogens is 713 g/mol. The van der Waals surface area contributed by atoms with Crippen molar-refractivity contribution in [1.29, 1.82) is 0 Å². The quantitative estimate of drug-likeness (QED) is 0.160. The molecule has 3 aliphatic rings. The van der Waals surface area contributed by atoms with Gasteiger partial charge in [0.15, 0.2) is 0 Å². The summed E-state index contributed by atoms with van der Waals surface area (Å²) in [7, 11) is 0. The van der Waals surface area contributed by atoms with Gasteiger partial charge in [0.25, 0.3) is 0 Å². The molecule has 2 nitrogen and oxygen atoms in total.